The van der Waals surface area contributed by atoms with Crippen LogP contribution in [0.1, 0.15) is 31.2 Å². The van der Waals surface area contributed by atoms with Crippen molar-refractivity contribution >= 4 is 18.5 Å². The fourth-order valence-electron chi connectivity index (χ4n) is 1.85. The maximum absolute atomic E-state index is 11.8. The van der Waals surface area contributed by atoms with Crippen molar-refractivity contribution in [3.63, 3.8) is 0 Å². The third-order valence-corrected chi connectivity index (χ3v) is 3.38. The molecule has 2 N–H and O–H groups in total. The van der Waals surface area contributed by atoms with E-state index < -0.39 is 0 Å². The lowest BCUT2D eigenvalue weighted by atomic mass is 10.1. The molecule has 1 rings (SSSR count). The number of benzene rings is 1. The van der Waals surface area contributed by atoms with Crippen molar-refractivity contribution in [2.75, 3.05) is 13.2 Å². The highest BCUT2D eigenvalue weighted by Gasteiger charge is 2.13. The topological polar surface area (TPSA) is 49.3 Å². The highest BCUT2D eigenvalue weighted by molar-refractivity contribution is 7.81. The Morgan fingerprint density at radius 2 is 1.84 bits per heavy atom. The maximum Gasteiger partial charge on any atom is 0.233 e. The smallest absolute Gasteiger partial charge is 0.233 e. The molecule has 0 aliphatic heterocycles. The van der Waals surface area contributed by atoms with Crippen LogP contribution in [-0.2, 0) is 11.2 Å². The first-order valence-corrected chi connectivity index (χ1v) is 7.36. The van der Waals surface area contributed by atoms with Gasteiger partial charge in [0.05, 0.1) is 5.25 Å². The van der Waals surface area contributed by atoms with Gasteiger partial charge in [0.25, 0.3) is 0 Å². The summed E-state index contributed by atoms with van der Waals surface area (Å²) in [5.41, 5.74) is 1.13. The number of rotatable bonds is 9. The first-order chi connectivity index (χ1) is 9.24. The van der Waals surface area contributed by atoms with Crippen molar-refractivity contribution in [3.8, 4) is 0 Å². The molecule has 0 heterocycles. The highest BCUT2D eigenvalue weighted by Crippen LogP contribution is 2.08. The summed E-state index contributed by atoms with van der Waals surface area (Å²) in [7, 11) is 0. The molecule has 1 aromatic rings. The van der Waals surface area contributed by atoms with E-state index in [1.807, 2.05) is 30.3 Å². The quantitative estimate of drug-likeness (QED) is 0.480. The average molecular weight is 281 g/mol. The van der Waals surface area contributed by atoms with E-state index >= 15 is 0 Å². The zero-order chi connectivity index (χ0) is 13.9. The number of aliphatic hydroxyl groups is 1. The number of nitrogens with one attached hydrogen (secondary N) is 1. The number of hydrogen-bond acceptors (Lipinski definition) is 3. The second-order valence-electron chi connectivity index (χ2n) is 4.63. The van der Waals surface area contributed by atoms with Crippen LogP contribution in [0.25, 0.3) is 0 Å². The summed E-state index contributed by atoms with van der Waals surface area (Å²) in [5.74, 6) is -0.00524. The third-order valence-electron chi connectivity index (χ3n) is 2.96. The molecule has 0 saturated carbocycles. The second-order valence-corrected chi connectivity index (χ2v) is 5.26. The van der Waals surface area contributed by atoms with Crippen LogP contribution >= 0.6 is 12.6 Å². The lowest BCUT2D eigenvalue weighted by molar-refractivity contribution is -0.120. The van der Waals surface area contributed by atoms with E-state index in [1.165, 1.54) is 0 Å². The zero-order valence-electron chi connectivity index (χ0n) is 11.2. The van der Waals surface area contributed by atoms with Crippen LogP contribution in [0, 0.1) is 0 Å². The minimum atomic E-state index is -0.292. The SMILES string of the molecule is O=C(NCCCCCCO)C(S)Cc1ccccc1. The third kappa shape index (κ3) is 7.23. The summed E-state index contributed by atoms with van der Waals surface area (Å²) >= 11 is 4.35. The molecule has 3 nitrogen and oxygen atoms in total. The molecule has 0 spiro atoms. The first kappa shape index (κ1) is 16.1. The Labute approximate surface area is 120 Å². The summed E-state index contributed by atoms with van der Waals surface area (Å²) in [4.78, 5) is 11.8. The first-order valence-electron chi connectivity index (χ1n) is 6.84. The minimum absolute atomic E-state index is 0.00524. The molecule has 106 valence electrons. The van der Waals surface area contributed by atoms with Gasteiger partial charge in [0.15, 0.2) is 0 Å². The molecule has 0 radical (unpaired) electrons. The van der Waals surface area contributed by atoms with Crippen molar-refractivity contribution in [2.24, 2.45) is 0 Å². The van der Waals surface area contributed by atoms with E-state index in [0.717, 1.165) is 31.2 Å². The predicted octanol–water partition coefficient (Wildman–Crippen LogP) is 2.20. The molecule has 0 fully saturated rings. The molecule has 4 heteroatoms. The normalized spacial score (nSPS) is 12.1. The van der Waals surface area contributed by atoms with Gasteiger partial charge >= 0.3 is 0 Å². The zero-order valence-corrected chi connectivity index (χ0v) is 12.1. The molecule has 19 heavy (non-hydrogen) atoms. The van der Waals surface area contributed by atoms with E-state index in [2.05, 4.69) is 17.9 Å². The number of amides is 1. The number of hydrogen-bond donors (Lipinski definition) is 3. The number of aliphatic hydroxyl groups excluding tert-OH is 1. The van der Waals surface area contributed by atoms with Crippen molar-refractivity contribution in [2.45, 2.75) is 37.4 Å². The standard InChI is InChI=1S/C15H23NO2S/c17-11-7-2-1-6-10-16-15(18)14(19)12-13-8-4-3-5-9-13/h3-5,8-9,14,17,19H,1-2,6-7,10-12H2,(H,16,18). The number of carbonyl (C=O) groups excluding carboxylic acids is 1. The van der Waals surface area contributed by atoms with E-state index in [9.17, 15) is 4.79 Å². The van der Waals surface area contributed by atoms with E-state index in [0.29, 0.717) is 13.0 Å². The van der Waals surface area contributed by atoms with Crippen molar-refractivity contribution < 1.29 is 9.90 Å². The predicted molar refractivity (Wildman–Crippen MR) is 81.5 cm³/mol. The van der Waals surface area contributed by atoms with Gasteiger partial charge in [-0.2, -0.15) is 12.6 Å². The fraction of sp³-hybridized carbons (Fsp3) is 0.533. The van der Waals surface area contributed by atoms with Gasteiger partial charge in [0, 0.05) is 13.2 Å². The second kappa shape index (κ2) is 9.87. The summed E-state index contributed by atoms with van der Waals surface area (Å²) in [6.45, 7) is 0.943. The van der Waals surface area contributed by atoms with Crippen LogP contribution in [0.4, 0.5) is 0 Å². The fourth-order valence-corrected chi connectivity index (χ4v) is 2.15. The number of thiol groups is 1. The summed E-state index contributed by atoms with van der Waals surface area (Å²) in [6, 6.07) is 9.91. The molecule has 0 aliphatic carbocycles. The molecule has 0 aliphatic rings. The van der Waals surface area contributed by atoms with E-state index in [1.54, 1.807) is 0 Å². The van der Waals surface area contributed by atoms with Crippen LogP contribution in [0.5, 0.6) is 0 Å². The van der Waals surface area contributed by atoms with Crippen molar-refractivity contribution in [1.29, 1.82) is 0 Å². The molecule has 1 amide bonds. The average Bonchev–Trinajstić information content (AvgIpc) is 2.43. The minimum Gasteiger partial charge on any atom is -0.396 e. The molecule has 0 aromatic heterocycles. The van der Waals surface area contributed by atoms with Gasteiger partial charge in [-0.05, 0) is 24.8 Å². The molecular weight excluding hydrogens is 258 g/mol. The van der Waals surface area contributed by atoms with Gasteiger partial charge in [-0.3, -0.25) is 4.79 Å². The van der Waals surface area contributed by atoms with Crippen molar-refractivity contribution in [3.05, 3.63) is 35.9 Å². The summed E-state index contributed by atoms with van der Waals surface area (Å²) < 4.78 is 0. The van der Waals surface area contributed by atoms with Gasteiger partial charge < -0.3 is 10.4 Å². The van der Waals surface area contributed by atoms with Gasteiger partial charge in [0.2, 0.25) is 5.91 Å². The Morgan fingerprint density at radius 3 is 2.53 bits per heavy atom. The number of carbonyl (C=O) groups is 1. The van der Waals surface area contributed by atoms with Gasteiger partial charge in [0.1, 0.15) is 0 Å². The Hall–Kier alpha value is -1.00. The molecule has 1 atom stereocenters. The van der Waals surface area contributed by atoms with E-state index in [4.69, 9.17) is 5.11 Å². The Balaban J connectivity index is 2.15. The van der Waals surface area contributed by atoms with Crippen LogP contribution in [0.15, 0.2) is 30.3 Å². The maximum atomic E-state index is 11.8. The molecule has 0 saturated heterocycles. The Bertz CT molecular complexity index is 356. The Kier molecular flexibility index (Phi) is 8.34. The van der Waals surface area contributed by atoms with Crippen LogP contribution < -0.4 is 5.32 Å². The molecule has 1 aromatic carbocycles. The van der Waals surface area contributed by atoms with Gasteiger partial charge in [-0.15, -0.1) is 0 Å². The molecule has 1 unspecified atom stereocenters. The lowest BCUT2D eigenvalue weighted by Gasteiger charge is -2.11. The largest absolute Gasteiger partial charge is 0.396 e. The van der Waals surface area contributed by atoms with Gasteiger partial charge in [-0.1, -0.05) is 43.2 Å². The molecule has 0 bridgehead atoms. The van der Waals surface area contributed by atoms with Crippen molar-refractivity contribution in [1.82, 2.24) is 5.32 Å². The van der Waals surface area contributed by atoms with Gasteiger partial charge in [-0.25, -0.2) is 0 Å². The van der Waals surface area contributed by atoms with Crippen LogP contribution in [0.3, 0.4) is 0 Å². The summed E-state index contributed by atoms with van der Waals surface area (Å²) in [5, 5.41) is 11.3. The Morgan fingerprint density at radius 1 is 1.16 bits per heavy atom. The summed E-state index contributed by atoms with van der Waals surface area (Å²) in [6.07, 6.45) is 4.51. The monoisotopic (exact) mass is 281 g/mol. The number of unbranched alkanes of at least 4 members (excludes halogenated alkanes) is 3. The van der Waals surface area contributed by atoms with Crippen LogP contribution in [-0.4, -0.2) is 29.4 Å². The molecular formula is C15H23NO2S. The lowest BCUT2D eigenvalue weighted by Crippen LogP contribution is -2.33. The highest BCUT2D eigenvalue weighted by atomic mass is 32.1. The van der Waals surface area contributed by atoms with Crippen LogP contribution in [0.2, 0.25) is 0 Å². The van der Waals surface area contributed by atoms with E-state index in [-0.39, 0.29) is 17.8 Å².